The van der Waals surface area contributed by atoms with Gasteiger partial charge in [-0.25, -0.2) is 0 Å². The van der Waals surface area contributed by atoms with E-state index in [4.69, 9.17) is 10.7 Å². The van der Waals surface area contributed by atoms with Gasteiger partial charge in [-0.3, -0.25) is 9.79 Å². The number of unbranched alkanes of at least 4 members (excludes halogenated alkanes) is 1. The molecule has 0 atom stereocenters. The van der Waals surface area contributed by atoms with Gasteiger partial charge in [0.05, 0.1) is 0 Å². The Morgan fingerprint density at radius 2 is 1.84 bits per heavy atom. The molecule has 0 spiro atoms. The van der Waals surface area contributed by atoms with Crippen LogP contribution in [0.25, 0.3) is 0 Å². The molecule has 1 rings (SSSR count). The average molecular weight is 354 g/mol. The average Bonchev–Trinajstić information content (AvgIpc) is 2.62. The number of piperidine rings is 1. The number of carbonyl (C=O) groups excluding carboxylic acids is 1. The van der Waals surface area contributed by atoms with Gasteiger partial charge in [0.1, 0.15) is 0 Å². The maximum Gasteiger partial charge on any atom is 0.220 e. The van der Waals surface area contributed by atoms with Crippen molar-refractivity contribution < 1.29 is 4.79 Å². The molecule has 0 aromatic rings. The van der Waals surface area contributed by atoms with Crippen molar-refractivity contribution in [2.75, 3.05) is 39.3 Å². The molecule has 0 unspecified atom stereocenters. The summed E-state index contributed by atoms with van der Waals surface area (Å²) in [6.07, 6.45) is 6.50. The Hall–Kier alpha value is -1.30. The van der Waals surface area contributed by atoms with E-state index < -0.39 is 0 Å². The molecule has 0 aromatic carbocycles. The van der Waals surface area contributed by atoms with Crippen LogP contribution in [0.1, 0.15) is 59.3 Å². The van der Waals surface area contributed by atoms with Crippen LogP contribution in [0.2, 0.25) is 0 Å². The predicted molar refractivity (Wildman–Crippen MR) is 106 cm³/mol. The van der Waals surface area contributed by atoms with E-state index in [0.717, 1.165) is 64.5 Å². The molecule has 6 nitrogen and oxygen atoms in total. The summed E-state index contributed by atoms with van der Waals surface area (Å²) in [6, 6.07) is 0. The number of hydrogen-bond acceptors (Lipinski definition) is 3. The number of amides is 1. The molecule has 1 fully saturated rings. The topological polar surface area (TPSA) is 82.8 Å². The first-order valence-electron chi connectivity index (χ1n) is 10.1. The fourth-order valence-electron chi connectivity index (χ4n) is 3.22. The molecule has 1 amide bonds. The van der Waals surface area contributed by atoms with E-state index in [2.05, 4.69) is 36.3 Å². The monoisotopic (exact) mass is 353 g/mol. The minimum Gasteiger partial charge on any atom is -0.369 e. The number of likely N-dealkylation sites (tertiary alicyclic amines) is 1. The second kappa shape index (κ2) is 13.0. The number of primary amides is 1. The minimum atomic E-state index is -0.132. The van der Waals surface area contributed by atoms with Crippen LogP contribution in [0.4, 0.5) is 0 Å². The zero-order valence-electron chi connectivity index (χ0n) is 16.5. The highest BCUT2D eigenvalue weighted by molar-refractivity contribution is 5.79. The molecular formula is C19H39N5O. The van der Waals surface area contributed by atoms with E-state index in [0.29, 0.717) is 5.92 Å². The van der Waals surface area contributed by atoms with Crippen LogP contribution in [-0.4, -0.2) is 56.0 Å². The molecule has 25 heavy (non-hydrogen) atoms. The van der Waals surface area contributed by atoms with Crippen molar-refractivity contribution >= 4 is 11.9 Å². The summed E-state index contributed by atoms with van der Waals surface area (Å²) in [6.45, 7) is 12.4. The highest BCUT2D eigenvalue weighted by atomic mass is 16.1. The summed E-state index contributed by atoms with van der Waals surface area (Å²) in [7, 11) is 0. The molecule has 4 N–H and O–H groups in total. The number of carbonyl (C=O) groups is 1. The van der Waals surface area contributed by atoms with Crippen molar-refractivity contribution in [3.8, 4) is 0 Å². The first-order chi connectivity index (χ1) is 12.1. The number of nitrogens with two attached hydrogens (primary N) is 1. The smallest absolute Gasteiger partial charge is 0.220 e. The lowest BCUT2D eigenvalue weighted by molar-refractivity contribution is -0.123. The first-order valence-corrected chi connectivity index (χ1v) is 10.1. The molecule has 0 aliphatic carbocycles. The Morgan fingerprint density at radius 3 is 2.40 bits per heavy atom. The Balaban J connectivity index is 2.17. The quantitative estimate of drug-likeness (QED) is 0.301. The van der Waals surface area contributed by atoms with Crippen LogP contribution in [0.15, 0.2) is 4.99 Å². The van der Waals surface area contributed by atoms with E-state index in [9.17, 15) is 4.79 Å². The summed E-state index contributed by atoms with van der Waals surface area (Å²) in [5, 5.41) is 6.77. The van der Waals surface area contributed by atoms with Gasteiger partial charge in [0.2, 0.25) is 5.91 Å². The minimum absolute atomic E-state index is 0.0897. The summed E-state index contributed by atoms with van der Waals surface area (Å²) in [4.78, 5) is 18.3. The molecule has 0 radical (unpaired) electrons. The van der Waals surface area contributed by atoms with Gasteiger partial charge in [0.15, 0.2) is 5.96 Å². The molecule has 0 saturated carbocycles. The van der Waals surface area contributed by atoms with Crippen LogP contribution in [0.5, 0.6) is 0 Å². The summed E-state index contributed by atoms with van der Waals surface area (Å²) in [5.41, 5.74) is 5.38. The Bertz CT molecular complexity index is 387. The summed E-state index contributed by atoms with van der Waals surface area (Å²) < 4.78 is 0. The molecule has 6 heteroatoms. The van der Waals surface area contributed by atoms with Gasteiger partial charge in [-0.05, 0) is 58.2 Å². The van der Waals surface area contributed by atoms with E-state index in [1.807, 2.05) is 0 Å². The second-order valence-corrected chi connectivity index (χ2v) is 7.05. The number of nitrogens with zero attached hydrogens (tertiary/aromatic N) is 2. The fourth-order valence-corrected chi connectivity index (χ4v) is 3.22. The van der Waals surface area contributed by atoms with Gasteiger partial charge in [-0.15, -0.1) is 0 Å². The van der Waals surface area contributed by atoms with Crippen LogP contribution in [0, 0.1) is 11.8 Å². The molecule has 1 heterocycles. The molecule has 1 aliphatic rings. The SMILES string of the molecule is CCNC(=NCC(CC)CC)NCCCCN1CCC(C(N)=O)CC1. The normalized spacial score (nSPS) is 17.0. The van der Waals surface area contributed by atoms with Crippen molar-refractivity contribution in [2.45, 2.75) is 59.3 Å². The van der Waals surface area contributed by atoms with E-state index >= 15 is 0 Å². The lowest BCUT2D eigenvalue weighted by Crippen LogP contribution is -2.40. The summed E-state index contributed by atoms with van der Waals surface area (Å²) in [5.74, 6) is 1.58. The van der Waals surface area contributed by atoms with Crippen LogP contribution in [-0.2, 0) is 4.79 Å². The molecule has 0 aromatic heterocycles. The highest BCUT2D eigenvalue weighted by Gasteiger charge is 2.22. The third-order valence-electron chi connectivity index (χ3n) is 5.19. The van der Waals surface area contributed by atoms with Crippen molar-refractivity contribution in [1.82, 2.24) is 15.5 Å². The second-order valence-electron chi connectivity index (χ2n) is 7.05. The third-order valence-corrected chi connectivity index (χ3v) is 5.19. The van der Waals surface area contributed by atoms with Gasteiger partial charge in [-0.1, -0.05) is 26.7 Å². The fraction of sp³-hybridized carbons (Fsp3) is 0.895. The lowest BCUT2D eigenvalue weighted by Gasteiger charge is -2.30. The van der Waals surface area contributed by atoms with Gasteiger partial charge in [0, 0.05) is 25.6 Å². The first kappa shape index (κ1) is 21.7. The zero-order chi connectivity index (χ0) is 18.5. The van der Waals surface area contributed by atoms with Crippen LogP contribution >= 0.6 is 0 Å². The molecule has 0 bridgehead atoms. The Kier molecular flexibility index (Phi) is 11.3. The van der Waals surface area contributed by atoms with Crippen molar-refractivity contribution in [1.29, 1.82) is 0 Å². The number of guanidine groups is 1. The van der Waals surface area contributed by atoms with Crippen molar-refractivity contribution in [3.63, 3.8) is 0 Å². The Labute approximate surface area is 154 Å². The van der Waals surface area contributed by atoms with Gasteiger partial charge >= 0.3 is 0 Å². The number of rotatable bonds is 11. The van der Waals surface area contributed by atoms with Gasteiger partial charge in [0.25, 0.3) is 0 Å². The van der Waals surface area contributed by atoms with Gasteiger partial charge < -0.3 is 21.3 Å². The number of hydrogen-bond donors (Lipinski definition) is 3. The standard InChI is InChI=1S/C19H39N5O/c1-4-16(5-2)15-23-19(21-6-3)22-11-7-8-12-24-13-9-17(10-14-24)18(20)25/h16-17H,4-15H2,1-3H3,(H2,20,25)(H2,21,22,23). The van der Waals surface area contributed by atoms with Crippen LogP contribution < -0.4 is 16.4 Å². The largest absolute Gasteiger partial charge is 0.369 e. The van der Waals surface area contributed by atoms with Crippen LogP contribution in [0.3, 0.4) is 0 Å². The molecule has 146 valence electrons. The Morgan fingerprint density at radius 1 is 1.16 bits per heavy atom. The molecular weight excluding hydrogens is 314 g/mol. The van der Waals surface area contributed by atoms with E-state index in [1.54, 1.807) is 0 Å². The zero-order valence-corrected chi connectivity index (χ0v) is 16.5. The number of aliphatic imine (C=N–C) groups is 1. The summed E-state index contributed by atoms with van der Waals surface area (Å²) >= 11 is 0. The van der Waals surface area contributed by atoms with E-state index in [1.165, 1.54) is 19.3 Å². The predicted octanol–water partition coefficient (Wildman–Crippen LogP) is 1.96. The van der Waals surface area contributed by atoms with Crippen molar-refractivity contribution in [3.05, 3.63) is 0 Å². The van der Waals surface area contributed by atoms with E-state index in [-0.39, 0.29) is 11.8 Å². The lowest BCUT2D eigenvalue weighted by atomic mass is 9.96. The maximum atomic E-state index is 11.2. The van der Waals surface area contributed by atoms with Gasteiger partial charge in [-0.2, -0.15) is 0 Å². The third kappa shape index (κ3) is 9.10. The molecule has 1 aliphatic heterocycles. The number of nitrogens with one attached hydrogen (secondary N) is 2. The molecule has 1 saturated heterocycles. The maximum absolute atomic E-state index is 11.2. The highest BCUT2D eigenvalue weighted by Crippen LogP contribution is 2.16. The van der Waals surface area contributed by atoms with Crippen molar-refractivity contribution in [2.24, 2.45) is 22.6 Å².